The molecule has 52 heavy (non-hydrogen) atoms. The third-order valence-corrected chi connectivity index (χ3v) is 10.0. The molecule has 2 saturated heterocycles. The number of fused-ring (bicyclic) bond motifs is 2. The lowest BCUT2D eigenvalue weighted by atomic mass is 9.95. The van der Waals surface area contributed by atoms with Crippen LogP contribution in [0.15, 0.2) is 25.0 Å². The fraction of sp³-hybridized carbons (Fsp3) is 0.676. The molecule has 7 heterocycles. The standard InChI is InChI=1S/C16H22ClN5O.C11H14ClN5.C5H8O.C4H8O.CH4/c17-16-20-14(19-11-6-2-1-3-7-11)13-15(21-16)22(10-18-13)12-8-4-5-9-23-12;12-11-16-9-8(13-6-14-9)10(17-11)15-7-4-2-1-3-5-7;1-2-4-6-5-3-1;1-2-4-5-3-1;/h10-12H,1-9H2,(H,19,20,21);6-7H,1-5H2,(H2,13,14,15,16,17);2,4H,1,3,5H2;1-4H2;1H4. The van der Waals surface area contributed by atoms with Crippen LogP contribution in [0.2, 0.25) is 10.6 Å². The molecule has 0 radical (unpaired) electrons. The van der Waals surface area contributed by atoms with E-state index in [0.29, 0.717) is 17.7 Å². The second kappa shape index (κ2) is 21.4. The topological polar surface area (TPSA) is 150 Å². The predicted molar refractivity (Wildman–Crippen MR) is 208 cm³/mol. The van der Waals surface area contributed by atoms with E-state index in [0.717, 1.165) is 74.0 Å². The quantitative estimate of drug-likeness (QED) is 0.167. The summed E-state index contributed by atoms with van der Waals surface area (Å²) in [5.41, 5.74) is 2.99. The highest BCUT2D eigenvalue weighted by molar-refractivity contribution is 6.29. The number of allylic oxidation sites excluding steroid dienone is 1. The summed E-state index contributed by atoms with van der Waals surface area (Å²) in [5, 5.41) is 7.47. The lowest BCUT2D eigenvalue weighted by molar-refractivity contribution is -0.0298. The van der Waals surface area contributed by atoms with Crippen LogP contribution in [0.5, 0.6) is 0 Å². The van der Waals surface area contributed by atoms with Crippen molar-refractivity contribution in [1.82, 2.24) is 39.5 Å². The predicted octanol–water partition coefficient (Wildman–Crippen LogP) is 9.42. The zero-order valence-corrected chi connectivity index (χ0v) is 31.0. The molecule has 0 amide bonds. The Morgan fingerprint density at radius 2 is 1.35 bits per heavy atom. The molecule has 0 aromatic carbocycles. The molecule has 1 unspecified atom stereocenters. The lowest BCUT2D eigenvalue weighted by Gasteiger charge is -2.24. The highest BCUT2D eigenvalue weighted by atomic mass is 35.5. The van der Waals surface area contributed by atoms with Crippen LogP contribution in [0.25, 0.3) is 22.3 Å². The molecule has 3 N–H and O–H groups in total. The molecule has 4 aromatic heterocycles. The van der Waals surface area contributed by atoms with Crippen LogP contribution in [0.3, 0.4) is 0 Å². The van der Waals surface area contributed by atoms with Gasteiger partial charge in [0.15, 0.2) is 28.4 Å². The number of nitrogens with zero attached hydrogens (tertiary/aromatic N) is 7. The summed E-state index contributed by atoms with van der Waals surface area (Å²) in [6.45, 7) is 3.70. The molecule has 15 heteroatoms. The van der Waals surface area contributed by atoms with Crippen LogP contribution in [0.1, 0.15) is 123 Å². The van der Waals surface area contributed by atoms with Crippen molar-refractivity contribution in [3.05, 3.63) is 35.6 Å². The van der Waals surface area contributed by atoms with E-state index < -0.39 is 0 Å². The van der Waals surface area contributed by atoms with Crippen LogP contribution in [-0.4, -0.2) is 78.0 Å². The smallest absolute Gasteiger partial charge is 0.226 e. The number of rotatable bonds is 5. The van der Waals surface area contributed by atoms with Crippen molar-refractivity contribution in [2.45, 2.75) is 135 Å². The molecule has 4 aromatic rings. The highest BCUT2D eigenvalue weighted by Crippen LogP contribution is 2.30. The molecule has 5 aliphatic rings. The van der Waals surface area contributed by atoms with Crippen LogP contribution in [-0.2, 0) is 14.2 Å². The number of nitrogens with one attached hydrogen (secondary N) is 3. The van der Waals surface area contributed by atoms with E-state index in [1.54, 1.807) is 18.9 Å². The maximum absolute atomic E-state index is 6.17. The van der Waals surface area contributed by atoms with Gasteiger partial charge in [-0.25, -0.2) is 9.97 Å². The Bertz CT molecular complexity index is 1630. The number of aromatic nitrogens is 8. The summed E-state index contributed by atoms with van der Waals surface area (Å²) in [6, 6.07) is 0.940. The molecule has 3 aliphatic heterocycles. The maximum Gasteiger partial charge on any atom is 0.226 e. The van der Waals surface area contributed by atoms with Gasteiger partial charge in [-0.2, -0.15) is 19.9 Å². The van der Waals surface area contributed by atoms with Gasteiger partial charge in [0, 0.05) is 31.9 Å². The molecule has 13 nitrogen and oxygen atoms in total. The van der Waals surface area contributed by atoms with Gasteiger partial charge in [0.05, 0.1) is 25.5 Å². The Balaban J connectivity index is 0.000000156. The minimum atomic E-state index is 0. The number of ether oxygens (including phenoxy) is 3. The number of halogens is 2. The summed E-state index contributed by atoms with van der Waals surface area (Å²) in [6.07, 6.45) is 27.9. The maximum atomic E-state index is 6.17. The zero-order chi connectivity index (χ0) is 35.1. The second-order valence-electron chi connectivity index (χ2n) is 13.6. The van der Waals surface area contributed by atoms with Gasteiger partial charge in [-0.15, -0.1) is 0 Å². The van der Waals surface area contributed by atoms with E-state index in [2.05, 4.69) is 45.5 Å². The van der Waals surface area contributed by atoms with Gasteiger partial charge in [0.25, 0.3) is 0 Å². The van der Waals surface area contributed by atoms with Crippen molar-refractivity contribution >= 4 is 57.2 Å². The SMILES string of the molecule is C.C1=COCCC1.C1CCOC1.Clc1nc(NC2CCCCC2)c2[nH]cnc2n1.Clc1nc(NC2CCCCC2)c2ncn(C3CCCCO3)c2n1. The van der Waals surface area contributed by atoms with Crippen molar-refractivity contribution < 1.29 is 14.2 Å². The summed E-state index contributed by atoms with van der Waals surface area (Å²) in [7, 11) is 0. The fourth-order valence-electron chi connectivity index (χ4n) is 6.94. The van der Waals surface area contributed by atoms with Gasteiger partial charge < -0.3 is 29.8 Å². The van der Waals surface area contributed by atoms with Gasteiger partial charge in [-0.1, -0.05) is 46.0 Å². The van der Waals surface area contributed by atoms with Gasteiger partial charge in [-0.3, -0.25) is 4.57 Å². The Labute approximate surface area is 317 Å². The van der Waals surface area contributed by atoms with Crippen molar-refractivity contribution in [3.63, 3.8) is 0 Å². The molecular formula is C37H56Cl2N10O3. The highest BCUT2D eigenvalue weighted by Gasteiger charge is 2.23. The normalized spacial score (nSPS) is 20.6. The van der Waals surface area contributed by atoms with Gasteiger partial charge in [0.1, 0.15) is 11.7 Å². The molecular weight excluding hydrogens is 703 g/mol. The van der Waals surface area contributed by atoms with Crippen LogP contribution in [0.4, 0.5) is 11.6 Å². The number of anilines is 2. The molecule has 2 saturated carbocycles. The first kappa shape index (κ1) is 39.9. The minimum Gasteiger partial charge on any atom is -0.502 e. The molecule has 0 bridgehead atoms. The third kappa shape index (κ3) is 11.9. The molecule has 0 spiro atoms. The second-order valence-corrected chi connectivity index (χ2v) is 14.3. The Morgan fingerprint density at radius 3 is 1.92 bits per heavy atom. The summed E-state index contributed by atoms with van der Waals surface area (Å²) in [4.78, 5) is 28.8. The van der Waals surface area contributed by atoms with E-state index >= 15 is 0 Å². The zero-order valence-electron chi connectivity index (χ0n) is 29.5. The summed E-state index contributed by atoms with van der Waals surface area (Å²) in [5.74, 6) is 1.52. The molecule has 286 valence electrons. The molecule has 9 rings (SSSR count). The summed E-state index contributed by atoms with van der Waals surface area (Å²) < 4.78 is 17.7. The molecule has 2 aliphatic carbocycles. The van der Waals surface area contributed by atoms with E-state index in [4.69, 9.17) is 37.4 Å². The first-order valence-corrected chi connectivity index (χ1v) is 19.7. The fourth-order valence-corrected chi connectivity index (χ4v) is 7.26. The van der Waals surface area contributed by atoms with E-state index in [9.17, 15) is 0 Å². The number of hydrogen-bond acceptors (Lipinski definition) is 11. The first-order chi connectivity index (χ1) is 25.1. The van der Waals surface area contributed by atoms with Crippen LogP contribution in [0, 0.1) is 0 Å². The van der Waals surface area contributed by atoms with Crippen molar-refractivity contribution in [1.29, 1.82) is 0 Å². The average molecular weight is 760 g/mol. The van der Waals surface area contributed by atoms with E-state index in [-0.39, 0.29) is 24.2 Å². The average Bonchev–Trinajstić information content (AvgIpc) is 3.98. The van der Waals surface area contributed by atoms with Gasteiger partial charge in [0.2, 0.25) is 10.6 Å². The summed E-state index contributed by atoms with van der Waals surface area (Å²) >= 11 is 12.0. The van der Waals surface area contributed by atoms with Crippen molar-refractivity contribution in [3.8, 4) is 0 Å². The van der Waals surface area contributed by atoms with Gasteiger partial charge >= 0.3 is 0 Å². The van der Waals surface area contributed by atoms with E-state index in [1.165, 1.54) is 89.9 Å². The Morgan fingerprint density at radius 1 is 0.692 bits per heavy atom. The largest absolute Gasteiger partial charge is 0.502 e. The van der Waals surface area contributed by atoms with Crippen molar-refractivity contribution in [2.75, 3.05) is 37.1 Å². The number of imidazole rings is 2. The van der Waals surface area contributed by atoms with Crippen LogP contribution >= 0.6 is 23.2 Å². The number of hydrogen-bond donors (Lipinski definition) is 3. The first-order valence-electron chi connectivity index (χ1n) is 18.9. The molecule has 4 fully saturated rings. The van der Waals surface area contributed by atoms with Crippen LogP contribution < -0.4 is 10.6 Å². The van der Waals surface area contributed by atoms with Gasteiger partial charge in [-0.05, 0) is 99.9 Å². The van der Waals surface area contributed by atoms with Crippen molar-refractivity contribution in [2.24, 2.45) is 0 Å². The number of H-pyrrole nitrogens is 1. The minimum absolute atomic E-state index is 0. The van der Waals surface area contributed by atoms with E-state index in [1.807, 2.05) is 10.6 Å². The lowest BCUT2D eigenvalue weighted by Crippen LogP contribution is -2.23. The monoisotopic (exact) mass is 758 g/mol. The Kier molecular flexibility index (Phi) is 16.5. The third-order valence-electron chi connectivity index (χ3n) is 9.66. The molecule has 1 atom stereocenters. The number of aromatic amines is 1. The Hall–Kier alpha value is -3.26.